The zero-order valence-corrected chi connectivity index (χ0v) is 12.5. The fraction of sp³-hybridized carbons (Fsp3) is 0.571. The maximum atomic E-state index is 11.3. The van der Waals surface area contributed by atoms with E-state index >= 15 is 0 Å². The van der Waals surface area contributed by atoms with Crippen LogP contribution in [0.25, 0.3) is 0 Å². The molecule has 20 heavy (non-hydrogen) atoms. The smallest absolute Gasteiger partial charge is 0.238 e. The zero-order valence-electron chi connectivity index (χ0n) is 11.7. The molecule has 1 fully saturated rings. The SMILES string of the molecule is NCCCN(c1ccc(S(N)(=O)=O)cc1)C1CCCC1. The highest BCUT2D eigenvalue weighted by Crippen LogP contribution is 2.28. The quantitative estimate of drug-likeness (QED) is 0.831. The molecule has 112 valence electrons. The Labute approximate surface area is 121 Å². The molecule has 5 nitrogen and oxygen atoms in total. The van der Waals surface area contributed by atoms with Crippen molar-refractivity contribution in [2.24, 2.45) is 10.9 Å². The summed E-state index contributed by atoms with van der Waals surface area (Å²) in [5, 5.41) is 5.13. The molecule has 1 aromatic carbocycles. The van der Waals surface area contributed by atoms with Crippen LogP contribution in [0.3, 0.4) is 0 Å². The maximum Gasteiger partial charge on any atom is 0.238 e. The zero-order chi connectivity index (χ0) is 14.6. The second-order valence-corrected chi connectivity index (χ2v) is 6.87. The number of hydrogen-bond acceptors (Lipinski definition) is 4. The van der Waals surface area contributed by atoms with Crippen molar-refractivity contribution >= 4 is 15.7 Å². The second kappa shape index (κ2) is 6.56. The first-order chi connectivity index (χ1) is 9.52. The average molecular weight is 297 g/mol. The Morgan fingerprint density at radius 1 is 1.15 bits per heavy atom. The van der Waals surface area contributed by atoms with Gasteiger partial charge in [-0.25, -0.2) is 13.6 Å². The van der Waals surface area contributed by atoms with Crippen molar-refractivity contribution in [3.8, 4) is 0 Å². The van der Waals surface area contributed by atoms with E-state index < -0.39 is 10.0 Å². The van der Waals surface area contributed by atoms with Crippen LogP contribution in [-0.2, 0) is 10.0 Å². The molecule has 0 radical (unpaired) electrons. The van der Waals surface area contributed by atoms with Crippen LogP contribution in [-0.4, -0.2) is 27.5 Å². The topological polar surface area (TPSA) is 89.4 Å². The van der Waals surface area contributed by atoms with Crippen LogP contribution in [0.15, 0.2) is 29.2 Å². The summed E-state index contributed by atoms with van der Waals surface area (Å²) in [5.41, 5.74) is 6.67. The third-order valence-corrected chi connectivity index (χ3v) is 4.79. The molecule has 1 aliphatic rings. The number of benzene rings is 1. The third kappa shape index (κ3) is 3.71. The second-order valence-electron chi connectivity index (χ2n) is 5.31. The van der Waals surface area contributed by atoms with Gasteiger partial charge in [0.25, 0.3) is 0 Å². The molecule has 4 N–H and O–H groups in total. The van der Waals surface area contributed by atoms with Gasteiger partial charge < -0.3 is 10.6 Å². The first kappa shape index (κ1) is 15.3. The fourth-order valence-corrected chi connectivity index (χ4v) is 3.34. The predicted octanol–water partition coefficient (Wildman–Crippen LogP) is 1.43. The molecule has 0 aliphatic heterocycles. The van der Waals surface area contributed by atoms with Gasteiger partial charge in [0.1, 0.15) is 0 Å². The van der Waals surface area contributed by atoms with Crippen LogP contribution < -0.4 is 15.8 Å². The van der Waals surface area contributed by atoms with E-state index in [1.54, 1.807) is 12.1 Å². The summed E-state index contributed by atoms with van der Waals surface area (Å²) in [6.07, 6.45) is 5.86. The molecular weight excluding hydrogens is 274 g/mol. The number of nitrogens with zero attached hydrogens (tertiary/aromatic N) is 1. The first-order valence-electron chi connectivity index (χ1n) is 7.12. The molecule has 0 saturated heterocycles. The Bertz CT molecular complexity index is 522. The molecule has 1 aromatic rings. The lowest BCUT2D eigenvalue weighted by Crippen LogP contribution is -2.35. The maximum absolute atomic E-state index is 11.3. The van der Waals surface area contributed by atoms with Crippen molar-refractivity contribution in [2.45, 2.75) is 43.0 Å². The van der Waals surface area contributed by atoms with Crippen molar-refractivity contribution in [3.05, 3.63) is 24.3 Å². The Morgan fingerprint density at radius 2 is 1.75 bits per heavy atom. The Morgan fingerprint density at radius 3 is 2.25 bits per heavy atom. The first-order valence-corrected chi connectivity index (χ1v) is 8.66. The lowest BCUT2D eigenvalue weighted by Gasteiger charge is -2.31. The molecule has 0 aromatic heterocycles. The van der Waals surface area contributed by atoms with Crippen LogP contribution in [0.2, 0.25) is 0 Å². The lowest BCUT2D eigenvalue weighted by molar-refractivity contribution is 0.592. The van der Waals surface area contributed by atoms with Crippen LogP contribution in [0.1, 0.15) is 32.1 Å². The number of rotatable bonds is 6. The van der Waals surface area contributed by atoms with Gasteiger partial charge in [-0.3, -0.25) is 0 Å². The predicted molar refractivity (Wildman–Crippen MR) is 81.1 cm³/mol. The molecule has 1 saturated carbocycles. The molecule has 0 bridgehead atoms. The summed E-state index contributed by atoms with van der Waals surface area (Å²) in [6.45, 7) is 1.58. The number of sulfonamides is 1. The van der Waals surface area contributed by atoms with Gasteiger partial charge in [-0.2, -0.15) is 0 Å². The minimum absolute atomic E-state index is 0.159. The lowest BCUT2D eigenvalue weighted by atomic mass is 10.1. The molecule has 1 aliphatic carbocycles. The molecule has 0 unspecified atom stereocenters. The van der Waals surface area contributed by atoms with E-state index in [0.717, 1.165) is 18.7 Å². The monoisotopic (exact) mass is 297 g/mol. The fourth-order valence-electron chi connectivity index (χ4n) is 2.83. The summed E-state index contributed by atoms with van der Waals surface area (Å²) in [5.74, 6) is 0. The highest BCUT2D eigenvalue weighted by atomic mass is 32.2. The number of anilines is 1. The van der Waals surface area contributed by atoms with Crippen molar-refractivity contribution in [1.29, 1.82) is 0 Å². The normalized spacial score (nSPS) is 16.5. The molecule has 0 amide bonds. The summed E-state index contributed by atoms with van der Waals surface area (Å²) in [6, 6.07) is 7.38. The van der Waals surface area contributed by atoms with E-state index in [-0.39, 0.29) is 4.90 Å². The van der Waals surface area contributed by atoms with Crippen LogP contribution >= 0.6 is 0 Å². The van der Waals surface area contributed by atoms with Crippen LogP contribution in [0.5, 0.6) is 0 Å². The van der Waals surface area contributed by atoms with Gasteiger partial charge in [-0.05, 0) is 50.1 Å². The van der Waals surface area contributed by atoms with Crippen molar-refractivity contribution < 1.29 is 8.42 Å². The number of hydrogen-bond donors (Lipinski definition) is 2. The molecule has 0 heterocycles. The molecule has 6 heteroatoms. The molecule has 0 spiro atoms. The van der Waals surface area contributed by atoms with Gasteiger partial charge in [0.05, 0.1) is 4.90 Å². The van der Waals surface area contributed by atoms with Gasteiger partial charge in [-0.15, -0.1) is 0 Å². The minimum atomic E-state index is -3.62. The number of nitrogens with two attached hydrogens (primary N) is 2. The Hall–Kier alpha value is -1.11. The van der Waals surface area contributed by atoms with Gasteiger partial charge in [0.15, 0.2) is 0 Å². The van der Waals surface area contributed by atoms with E-state index in [1.165, 1.54) is 25.7 Å². The van der Waals surface area contributed by atoms with E-state index in [4.69, 9.17) is 10.9 Å². The molecule has 2 rings (SSSR count). The van der Waals surface area contributed by atoms with E-state index in [2.05, 4.69) is 4.90 Å². The summed E-state index contributed by atoms with van der Waals surface area (Å²) < 4.78 is 22.6. The highest BCUT2D eigenvalue weighted by Gasteiger charge is 2.22. The van der Waals surface area contributed by atoms with Crippen molar-refractivity contribution in [2.75, 3.05) is 18.0 Å². The summed E-state index contributed by atoms with van der Waals surface area (Å²) >= 11 is 0. The van der Waals surface area contributed by atoms with Gasteiger partial charge in [0, 0.05) is 18.3 Å². The standard InChI is InChI=1S/C14H23N3O2S/c15-10-3-11-17(12-4-1-2-5-12)13-6-8-14(9-7-13)20(16,18)19/h6-9,12H,1-5,10-11,15H2,(H2,16,18,19). The van der Waals surface area contributed by atoms with Crippen molar-refractivity contribution in [1.82, 2.24) is 0 Å². The van der Waals surface area contributed by atoms with Crippen LogP contribution in [0.4, 0.5) is 5.69 Å². The van der Waals surface area contributed by atoms with E-state index in [0.29, 0.717) is 12.6 Å². The number of primary sulfonamides is 1. The van der Waals surface area contributed by atoms with Gasteiger partial charge >= 0.3 is 0 Å². The largest absolute Gasteiger partial charge is 0.369 e. The van der Waals surface area contributed by atoms with Crippen molar-refractivity contribution in [3.63, 3.8) is 0 Å². The third-order valence-electron chi connectivity index (χ3n) is 3.87. The average Bonchev–Trinajstić information content (AvgIpc) is 2.93. The Balaban J connectivity index is 2.19. The van der Waals surface area contributed by atoms with Gasteiger partial charge in [0.2, 0.25) is 10.0 Å². The van der Waals surface area contributed by atoms with Gasteiger partial charge in [-0.1, -0.05) is 12.8 Å². The Kier molecular flexibility index (Phi) is 5.01. The molecule has 0 atom stereocenters. The summed E-state index contributed by atoms with van der Waals surface area (Å²) in [7, 11) is -3.62. The van der Waals surface area contributed by atoms with E-state index in [9.17, 15) is 8.42 Å². The molecular formula is C14H23N3O2S. The summed E-state index contributed by atoms with van der Waals surface area (Å²) in [4.78, 5) is 2.51. The van der Waals surface area contributed by atoms with Crippen LogP contribution in [0, 0.1) is 0 Å². The minimum Gasteiger partial charge on any atom is -0.369 e. The highest BCUT2D eigenvalue weighted by molar-refractivity contribution is 7.89. The van der Waals surface area contributed by atoms with E-state index in [1.807, 2.05) is 12.1 Å².